The van der Waals surface area contributed by atoms with Crippen LogP contribution in [0.25, 0.3) is 11.2 Å². The number of aromatic amines is 1. The molecule has 0 aliphatic carbocycles. The molecule has 2 N–H and O–H groups in total. The number of nitrogens with zero attached hydrogens (tertiary/aromatic N) is 3. The molecule has 0 saturated heterocycles. The van der Waals surface area contributed by atoms with Gasteiger partial charge in [0, 0.05) is 6.92 Å². The Bertz CT molecular complexity index is 730. The fourth-order valence-electron chi connectivity index (χ4n) is 1.73. The van der Waals surface area contributed by atoms with Gasteiger partial charge in [-0.15, -0.1) is 0 Å². The van der Waals surface area contributed by atoms with Crippen LogP contribution < -0.4 is 5.32 Å². The molecule has 0 saturated carbocycles. The Labute approximate surface area is 108 Å². The maximum absolute atomic E-state index is 11.1. The van der Waals surface area contributed by atoms with Gasteiger partial charge in [0.25, 0.3) is 0 Å². The molecule has 0 aromatic carbocycles. The minimum absolute atomic E-state index is 0.0945. The van der Waals surface area contributed by atoms with Crippen molar-refractivity contribution in [2.24, 2.45) is 0 Å². The van der Waals surface area contributed by atoms with Crippen LogP contribution in [0.4, 0.5) is 5.82 Å². The highest BCUT2D eigenvalue weighted by atomic mass is 16.3. The summed E-state index contributed by atoms with van der Waals surface area (Å²) in [6.07, 6.45) is 3.01. The van der Waals surface area contributed by atoms with Crippen molar-refractivity contribution in [3.63, 3.8) is 0 Å². The van der Waals surface area contributed by atoms with Crippen molar-refractivity contribution >= 4 is 22.8 Å². The quantitative estimate of drug-likeness (QED) is 0.691. The van der Waals surface area contributed by atoms with Crippen molar-refractivity contribution < 1.29 is 9.21 Å². The number of furan rings is 1. The third-order valence-corrected chi connectivity index (χ3v) is 2.66. The number of hydrogen-bond donors (Lipinski definition) is 2. The molecule has 0 unspecified atom stereocenters. The number of nitrogens with one attached hydrogen (secondary N) is 2. The van der Waals surface area contributed by atoms with Gasteiger partial charge in [0.15, 0.2) is 23.0 Å². The van der Waals surface area contributed by atoms with Crippen LogP contribution in [0.3, 0.4) is 0 Å². The molecule has 0 aliphatic rings. The van der Waals surface area contributed by atoms with Crippen LogP contribution in [0.2, 0.25) is 0 Å². The molecule has 0 atom stereocenters. The van der Waals surface area contributed by atoms with Gasteiger partial charge in [-0.3, -0.25) is 4.79 Å². The second-order valence-electron chi connectivity index (χ2n) is 4.00. The summed E-state index contributed by atoms with van der Waals surface area (Å²) < 4.78 is 5.38. The van der Waals surface area contributed by atoms with Crippen molar-refractivity contribution in [3.8, 4) is 0 Å². The molecular weight excluding hydrogens is 246 g/mol. The topological polar surface area (TPSA) is 96.7 Å². The number of aromatic nitrogens is 4. The number of imidazole rings is 1. The standard InChI is InChI=1S/C12H11N5O2/c1-7(18)9-3-2-8(19-9)4-13-11-10-12(15-5-14-10)17-6-16-11/h2-3,5-6H,4H2,1H3,(H2,13,14,15,16,17). The molecule has 3 rings (SSSR count). The summed E-state index contributed by atoms with van der Waals surface area (Å²) in [6, 6.07) is 3.41. The first kappa shape index (κ1) is 11.4. The molecule has 96 valence electrons. The maximum atomic E-state index is 11.1. The normalized spacial score (nSPS) is 10.8. The van der Waals surface area contributed by atoms with Gasteiger partial charge in [-0.1, -0.05) is 0 Å². The van der Waals surface area contributed by atoms with Gasteiger partial charge >= 0.3 is 0 Å². The van der Waals surface area contributed by atoms with Gasteiger partial charge in [-0.25, -0.2) is 15.0 Å². The second kappa shape index (κ2) is 4.52. The Balaban J connectivity index is 1.78. The summed E-state index contributed by atoms with van der Waals surface area (Å²) in [5.74, 6) is 1.53. The summed E-state index contributed by atoms with van der Waals surface area (Å²) in [7, 11) is 0. The second-order valence-corrected chi connectivity index (χ2v) is 4.00. The van der Waals surface area contributed by atoms with Gasteiger partial charge in [-0.05, 0) is 12.1 Å². The van der Waals surface area contributed by atoms with Crippen LogP contribution in [0.5, 0.6) is 0 Å². The third-order valence-electron chi connectivity index (χ3n) is 2.66. The first-order valence-corrected chi connectivity index (χ1v) is 5.71. The average molecular weight is 257 g/mol. The van der Waals surface area contributed by atoms with E-state index in [-0.39, 0.29) is 5.78 Å². The Morgan fingerprint density at radius 1 is 1.37 bits per heavy atom. The Morgan fingerprint density at radius 2 is 2.26 bits per heavy atom. The molecule has 0 aliphatic heterocycles. The zero-order valence-electron chi connectivity index (χ0n) is 10.2. The number of carbonyl (C=O) groups excluding carboxylic acids is 1. The zero-order valence-corrected chi connectivity index (χ0v) is 10.2. The lowest BCUT2D eigenvalue weighted by Crippen LogP contribution is -2.01. The largest absolute Gasteiger partial charge is 0.456 e. The molecule has 7 nitrogen and oxygen atoms in total. The summed E-state index contributed by atoms with van der Waals surface area (Å²) >= 11 is 0. The summed E-state index contributed by atoms with van der Waals surface area (Å²) in [5.41, 5.74) is 1.34. The van der Waals surface area contributed by atoms with Crippen LogP contribution in [0.15, 0.2) is 29.2 Å². The van der Waals surface area contributed by atoms with E-state index >= 15 is 0 Å². The highest BCUT2D eigenvalue weighted by Gasteiger charge is 2.08. The van der Waals surface area contributed by atoms with E-state index in [1.165, 1.54) is 13.3 Å². The van der Waals surface area contributed by atoms with Crippen molar-refractivity contribution in [2.45, 2.75) is 13.5 Å². The lowest BCUT2D eigenvalue weighted by molar-refractivity contribution is 0.0985. The van der Waals surface area contributed by atoms with Crippen LogP contribution in [0.1, 0.15) is 23.2 Å². The fraction of sp³-hybridized carbons (Fsp3) is 0.167. The molecule has 3 aromatic rings. The number of fused-ring (bicyclic) bond motifs is 1. The van der Waals surface area contributed by atoms with Gasteiger partial charge < -0.3 is 14.7 Å². The van der Waals surface area contributed by atoms with Crippen molar-refractivity contribution in [2.75, 3.05) is 5.32 Å². The number of carbonyl (C=O) groups is 1. The van der Waals surface area contributed by atoms with Gasteiger partial charge in [0.1, 0.15) is 17.6 Å². The third kappa shape index (κ3) is 2.17. The number of H-pyrrole nitrogens is 1. The minimum atomic E-state index is -0.0945. The lowest BCUT2D eigenvalue weighted by atomic mass is 10.3. The van der Waals surface area contributed by atoms with Crippen LogP contribution in [0, 0.1) is 0 Å². The number of hydrogen-bond acceptors (Lipinski definition) is 6. The molecule has 0 amide bonds. The first-order valence-electron chi connectivity index (χ1n) is 5.71. The van der Waals surface area contributed by atoms with E-state index in [1.807, 2.05) is 0 Å². The van der Waals surface area contributed by atoms with Crippen LogP contribution >= 0.6 is 0 Å². The van der Waals surface area contributed by atoms with Crippen LogP contribution in [-0.4, -0.2) is 25.7 Å². The van der Waals surface area contributed by atoms with E-state index in [1.54, 1.807) is 18.5 Å². The zero-order chi connectivity index (χ0) is 13.2. The van der Waals surface area contributed by atoms with E-state index in [0.29, 0.717) is 35.0 Å². The fourth-order valence-corrected chi connectivity index (χ4v) is 1.73. The van der Waals surface area contributed by atoms with E-state index < -0.39 is 0 Å². The Morgan fingerprint density at radius 3 is 3.05 bits per heavy atom. The van der Waals surface area contributed by atoms with Crippen molar-refractivity contribution in [1.29, 1.82) is 0 Å². The van der Waals surface area contributed by atoms with Crippen LogP contribution in [-0.2, 0) is 6.54 Å². The maximum Gasteiger partial charge on any atom is 0.194 e. The number of rotatable bonds is 4. The molecule has 3 heterocycles. The average Bonchev–Trinajstić information content (AvgIpc) is 3.05. The summed E-state index contributed by atoms with van der Waals surface area (Å²) in [6.45, 7) is 1.89. The van der Waals surface area contributed by atoms with Crippen molar-refractivity contribution in [1.82, 2.24) is 19.9 Å². The van der Waals surface area contributed by atoms with E-state index in [0.717, 1.165) is 0 Å². The van der Waals surface area contributed by atoms with Crippen molar-refractivity contribution in [3.05, 3.63) is 36.3 Å². The van der Waals surface area contributed by atoms with E-state index in [2.05, 4.69) is 25.3 Å². The van der Waals surface area contributed by atoms with Gasteiger partial charge in [-0.2, -0.15) is 0 Å². The number of anilines is 1. The Hall–Kier alpha value is -2.70. The van der Waals surface area contributed by atoms with Gasteiger partial charge in [0.2, 0.25) is 0 Å². The molecule has 3 aromatic heterocycles. The van der Waals surface area contributed by atoms with Gasteiger partial charge in [0.05, 0.1) is 12.9 Å². The monoisotopic (exact) mass is 257 g/mol. The molecule has 0 fully saturated rings. The lowest BCUT2D eigenvalue weighted by Gasteiger charge is -2.03. The number of Topliss-reactive ketones (excluding diaryl/α,β-unsaturated/α-hetero) is 1. The molecule has 0 bridgehead atoms. The minimum Gasteiger partial charge on any atom is -0.456 e. The highest BCUT2D eigenvalue weighted by Crippen LogP contribution is 2.16. The molecule has 0 radical (unpaired) electrons. The predicted molar refractivity (Wildman–Crippen MR) is 67.7 cm³/mol. The SMILES string of the molecule is CC(=O)c1ccc(CNc2ncnc3[nH]cnc23)o1. The molecule has 0 spiro atoms. The summed E-state index contributed by atoms with van der Waals surface area (Å²) in [5, 5.41) is 3.10. The number of ketones is 1. The van der Waals surface area contributed by atoms with E-state index in [4.69, 9.17) is 4.42 Å². The van der Waals surface area contributed by atoms with E-state index in [9.17, 15) is 4.79 Å². The molecular formula is C12H11N5O2. The highest BCUT2D eigenvalue weighted by molar-refractivity contribution is 5.91. The molecule has 19 heavy (non-hydrogen) atoms. The Kier molecular flexibility index (Phi) is 2.71. The summed E-state index contributed by atoms with van der Waals surface area (Å²) in [4.78, 5) is 26.3. The molecule has 7 heteroatoms. The first-order chi connectivity index (χ1) is 9.24. The predicted octanol–water partition coefficient (Wildman–Crippen LogP) is 1.76. The smallest absolute Gasteiger partial charge is 0.194 e.